The first-order valence-corrected chi connectivity index (χ1v) is 10.8. The number of thiophene rings is 1. The van der Waals surface area contributed by atoms with Crippen molar-refractivity contribution < 1.29 is 9.18 Å². The van der Waals surface area contributed by atoms with Crippen molar-refractivity contribution in [3.05, 3.63) is 57.9 Å². The van der Waals surface area contributed by atoms with Gasteiger partial charge in [0.05, 0.1) is 18.0 Å². The number of hydrogen-bond acceptors (Lipinski definition) is 8. The quantitative estimate of drug-likeness (QED) is 0.448. The van der Waals surface area contributed by atoms with Gasteiger partial charge in [0.15, 0.2) is 5.13 Å². The summed E-state index contributed by atoms with van der Waals surface area (Å²) in [5.41, 5.74) is 1.48. The van der Waals surface area contributed by atoms with E-state index >= 15 is 0 Å². The third-order valence-corrected chi connectivity index (χ3v) is 6.18. The van der Waals surface area contributed by atoms with Crippen LogP contribution in [0.5, 0.6) is 0 Å². The largest absolute Gasteiger partial charge is 0.301 e. The molecule has 0 aliphatic carbocycles. The van der Waals surface area contributed by atoms with Gasteiger partial charge in [0, 0.05) is 15.8 Å². The van der Waals surface area contributed by atoms with E-state index in [1.54, 1.807) is 28.2 Å². The van der Waals surface area contributed by atoms with Crippen molar-refractivity contribution in [2.45, 2.75) is 11.7 Å². The number of thiazole rings is 1. The van der Waals surface area contributed by atoms with Gasteiger partial charge in [0.2, 0.25) is 11.1 Å². The van der Waals surface area contributed by atoms with Gasteiger partial charge in [-0.2, -0.15) is 0 Å². The van der Waals surface area contributed by atoms with Crippen molar-refractivity contribution in [1.82, 2.24) is 25.2 Å². The minimum absolute atomic E-state index is 0.163. The summed E-state index contributed by atoms with van der Waals surface area (Å²) in [6.07, 6.45) is 0. The maximum Gasteiger partial charge on any atom is 0.236 e. The van der Waals surface area contributed by atoms with Crippen molar-refractivity contribution in [3.8, 4) is 11.3 Å². The van der Waals surface area contributed by atoms with Crippen LogP contribution >= 0.6 is 34.4 Å². The van der Waals surface area contributed by atoms with Crippen LogP contribution < -0.4 is 5.32 Å². The van der Waals surface area contributed by atoms with E-state index in [9.17, 15) is 9.18 Å². The van der Waals surface area contributed by atoms with E-state index in [1.165, 1.54) is 35.2 Å². The minimum Gasteiger partial charge on any atom is -0.301 e. The van der Waals surface area contributed by atoms with Crippen LogP contribution in [0, 0.1) is 5.82 Å². The fourth-order valence-corrected chi connectivity index (χ4v) is 4.42. The molecule has 1 aromatic carbocycles. The first-order valence-electron chi connectivity index (χ1n) is 8.10. The number of carbonyl (C=O) groups excluding carboxylic acids is 1. The Balaban J connectivity index is 1.33. The summed E-state index contributed by atoms with van der Waals surface area (Å²) >= 11 is 4.20. The van der Waals surface area contributed by atoms with Gasteiger partial charge < -0.3 is 5.32 Å². The van der Waals surface area contributed by atoms with Crippen molar-refractivity contribution in [3.63, 3.8) is 0 Å². The highest BCUT2D eigenvalue weighted by Crippen LogP contribution is 2.25. The summed E-state index contributed by atoms with van der Waals surface area (Å²) in [6, 6.07) is 10.0. The smallest absolute Gasteiger partial charge is 0.236 e. The second-order valence-electron chi connectivity index (χ2n) is 5.58. The predicted molar refractivity (Wildman–Crippen MR) is 108 cm³/mol. The summed E-state index contributed by atoms with van der Waals surface area (Å²) in [5.74, 6) is -0.336. The van der Waals surface area contributed by atoms with Crippen LogP contribution in [0.15, 0.2) is 52.3 Å². The van der Waals surface area contributed by atoms with Crippen molar-refractivity contribution in [1.29, 1.82) is 0 Å². The number of nitrogens with one attached hydrogen (secondary N) is 1. The molecule has 1 N–H and O–H groups in total. The zero-order valence-electron chi connectivity index (χ0n) is 14.3. The summed E-state index contributed by atoms with van der Waals surface area (Å²) in [7, 11) is 0. The van der Waals surface area contributed by atoms with E-state index in [1.807, 2.05) is 22.9 Å². The summed E-state index contributed by atoms with van der Waals surface area (Å²) < 4.78 is 14.7. The third kappa shape index (κ3) is 4.61. The summed E-state index contributed by atoms with van der Waals surface area (Å²) in [5, 5.41) is 19.3. The number of nitrogens with zero attached hydrogens (tertiary/aromatic N) is 5. The van der Waals surface area contributed by atoms with E-state index < -0.39 is 0 Å². The molecule has 0 saturated heterocycles. The van der Waals surface area contributed by atoms with Crippen LogP contribution in [0.25, 0.3) is 11.3 Å². The first-order chi connectivity index (χ1) is 13.7. The predicted octanol–water partition coefficient (Wildman–Crippen LogP) is 3.78. The molecule has 0 bridgehead atoms. The molecule has 0 radical (unpaired) electrons. The highest BCUT2D eigenvalue weighted by Gasteiger charge is 2.13. The number of carbonyl (C=O) groups is 1. The Labute approximate surface area is 171 Å². The molecule has 1 amide bonds. The van der Waals surface area contributed by atoms with E-state index in [4.69, 9.17) is 0 Å². The lowest BCUT2D eigenvalue weighted by Crippen LogP contribution is -2.14. The zero-order chi connectivity index (χ0) is 19.3. The molecule has 0 spiro atoms. The van der Waals surface area contributed by atoms with E-state index in [0.29, 0.717) is 22.5 Å². The van der Waals surface area contributed by atoms with E-state index in [-0.39, 0.29) is 17.5 Å². The second-order valence-corrected chi connectivity index (χ2v) is 8.41. The van der Waals surface area contributed by atoms with E-state index in [2.05, 4.69) is 25.8 Å². The average Bonchev–Trinajstić information content (AvgIpc) is 3.44. The number of rotatable bonds is 7. The Morgan fingerprint density at radius 1 is 1.21 bits per heavy atom. The van der Waals surface area contributed by atoms with Crippen LogP contribution in [0.3, 0.4) is 0 Å². The lowest BCUT2D eigenvalue weighted by atomic mass is 10.2. The van der Waals surface area contributed by atoms with E-state index in [0.717, 1.165) is 10.4 Å². The van der Waals surface area contributed by atoms with Gasteiger partial charge in [-0.05, 0) is 46.1 Å². The first kappa shape index (κ1) is 18.7. The Kier molecular flexibility index (Phi) is 5.74. The molecule has 3 aromatic heterocycles. The number of thioether (sulfide) groups is 1. The van der Waals surface area contributed by atoms with Crippen LogP contribution in [0.1, 0.15) is 4.88 Å². The molecule has 0 fully saturated rings. The maximum absolute atomic E-state index is 13.0. The fraction of sp³-hybridized carbons (Fsp3) is 0.118. The normalized spacial score (nSPS) is 10.9. The standard InChI is InChI=1S/C17H13FN6OS3/c18-12-5-3-11(4-6-12)14-9-27-16(19-14)20-15(25)10-28-17-21-22-23-24(17)8-13-2-1-7-26-13/h1-7,9H,8,10H2,(H,19,20,25). The highest BCUT2D eigenvalue weighted by atomic mass is 32.2. The number of amides is 1. The highest BCUT2D eigenvalue weighted by molar-refractivity contribution is 7.99. The molecule has 0 aliphatic heterocycles. The minimum atomic E-state index is -0.300. The van der Waals surface area contributed by atoms with Gasteiger partial charge >= 0.3 is 0 Å². The number of tetrazole rings is 1. The Morgan fingerprint density at radius 3 is 2.86 bits per heavy atom. The molecule has 4 aromatic rings. The lowest BCUT2D eigenvalue weighted by molar-refractivity contribution is -0.113. The van der Waals surface area contributed by atoms with Crippen molar-refractivity contribution in [2.75, 3.05) is 11.1 Å². The van der Waals surface area contributed by atoms with Gasteiger partial charge in [0.1, 0.15) is 5.82 Å². The molecule has 3 heterocycles. The third-order valence-electron chi connectivity index (χ3n) is 3.61. The molecule has 28 heavy (non-hydrogen) atoms. The van der Waals surface area contributed by atoms with Crippen LogP contribution in [0.2, 0.25) is 0 Å². The molecule has 7 nitrogen and oxygen atoms in total. The fourth-order valence-electron chi connectivity index (χ4n) is 2.32. The number of halogens is 1. The summed E-state index contributed by atoms with van der Waals surface area (Å²) in [4.78, 5) is 17.7. The molecule has 0 atom stereocenters. The van der Waals surface area contributed by atoms with Gasteiger partial charge in [-0.15, -0.1) is 27.8 Å². The molecule has 11 heteroatoms. The average molecular weight is 433 g/mol. The van der Waals surface area contributed by atoms with Crippen LogP contribution in [0.4, 0.5) is 9.52 Å². The zero-order valence-corrected chi connectivity index (χ0v) is 16.7. The van der Waals surface area contributed by atoms with Crippen molar-refractivity contribution >= 4 is 45.5 Å². The van der Waals surface area contributed by atoms with Gasteiger partial charge in [0.25, 0.3) is 0 Å². The molecule has 0 aliphatic rings. The Hall–Kier alpha value is -2.63. The molecular weight excluding hydrogens is 419 g/mol. The number of benzene rings is 1. The molecule has 0 saturated carbocycles. The van der Waals surface area contributed by atoms with Crippen LogP contribution in [-0.4, -0.2) is 36.9 Å². The topological polar surface area (TPSA) is 85.6 Å². The Morgan fingerprint density at radius 2 is 2.07 bits per heavy atom. The second kappa shape index (κ2) is 8.59. The lowest BCUT2D eigenvalue weighted by Gasteiger charge is -2.03. The molecular formula is C17H13FN6OS3. The van der Waals surface area contributed by atoms with Crippen molar-refractivity contribution in [2.24, 2.45) is 0 Å². The molecule has 0 unspecified atom stereocenters. The number of hydrogen-bond donors (Lipinski definition) is 1. The monoisotopic (exact) mass is 432 g/mol. The SMILES string of the molecule is O=C(CSc1nnnn1Cc1cccs1)Nc1nc(-c2ccc(F)cc2)cs1. The maximum atomic E-state index is 13.0. The molecule has 4 rings (SSSR count). The molecule has 142 valence electrons. The number of anilines is 1. The van der Waals surface area contributed by atoms with Crippen LogP contribution in [-0.2, 0) is 11.3 Å². The number of aromatic nitrogens is 5. The summed E-state index contributed by atoms with van der Waals surface area (Å²) in [6.45, 7) is 0.572. The van der Waals surface area contributed by atoms with Gasteiger partial charge in [-0.3, -0.25) is 4.79 Å². The van der Waals surface area contributed by atoms with Gasteiger partial charge in [-0.1, -0.05) is 17.8 Å². The van der Waals surface area contributed by atoms with Gasteiger partial charge in [-0.25, -0.2) is 14.1 Å². The Bertz CT molecular complexity index is 1060.